The number of rotatable bonds is 14. The predicted octanol–water partition coefficient (Wildman–Crippen LogP) is 5.04. The Kier molecular flexibility index (Phi) is 12.7. The van der Waals surface area contributed by atoms with Crippen LogP contribution in [0.1, 0.15) is 44.9 Å². The maximum Gasteiger partial charge on any atom is 0.313 e. The van der Waals surface area contributed by atoms with Crippen LogP contribution in [0, 0.1) is 29.2 Å². The lowest BCUT2D eigenvalue weighted by atomic mass is 9.84. The van der Waals surface area contributed by atoms with Crippen LogP contribution in [0.4, 0.5) is 23.2 Å². The minimum Gasteiger partial charge on any atom is -0.481 e. The number of hydrogen-bond acceptors (Lipinski definition) is 7. The molecule has 0 radical (unpaired) electrons. The van der Waals surface area contributed by atoms with Crippen LogP contribution in [0.15, 0.2) is 60.7 Å². The molecule has 0 bridgehead atoms. The molecule has 4 N–H and O–H groups in total. The number of para-hydroxylation sites is 3. The fraction of sp³-hybridized carbons (Fsp3) is 0.324. The Morgan fingerprint density at radius 1 is 0.796 bits per heavy atom. The molecule has 11 nitrogen and oxygen atoms in total. The zero-order chi connectivity index (χ0) is 35.5. The number of benzene rings is 3. The van der Waals surface area contributed by atoms with Gasteiger partial charge in [0.05, 0.1) is 12.1 Å². The minimum atomic E-state index is -1.92. The molecule has 0 aromatic heterocycles. The first kappa shape index (κ1) is 36.4. The predicted molar refractivity (Wildman–Crippen MR) is 166 cm³/mol. The highest BCUT2D eigenvalue weighted by Crippen LogP contribution is 2.30. The van der Waals surface area contributed by atoms with Crippen molar-refractivity contribution in [2.75, 3.05) is 11.9 Å². The standard InChI is InChI=1S/C34H33F4N3O8/c35-21-16-22(36)30(38)31(29(21)37)48-18-26(42)24(17-28(43)44)40-32(45)25(15-19-9-3-1-4-10-19)41-34(47)33(46)39-23-13-7-8-14-27(23)49-20-11-5-2-6-12-20/h2,5-8,11-14,16,19,24-25H,1,3-4,9-10,15,17-18H2,(H,39,46)(H,40,45)(H,41,47)(H,43,44)/t24-,25-/m0/s1. The smallest absolute Gasteiger partial charge is 0.313 e. The summed E-state index contributed by atoms with van der Waals surface area (Å²) in [5, 5.41) is 16.4. The average molecular weight is 688 g/mol. The van der Waals surface area contributed by atoms with Gasteiger partial charge in [-0.15, -0.1) is 0 Å². The fourth-order valence-electron chi connectivity index (χ4n) is 5.28. The van der Waals surface area contributed by atoms with E-state index in [0.717, 1.165) is 19.3 Å². The summed E-state index contributed by atoms with van der Waals surface area (Å²) in [7, 11) is 0. The van der Waals surface area contributed by atoms with Crippen LogP contribution in [0.25, 0.3) is 0 Å². The second-order valence-electron chi connectivity index (χ2n) is 11.3. The first-order valence-corrected chi connectivity index (χ1v) is 15.4. The Bertz CT molecular complexity index is 1660. The fourth-order valence-corrected chi connectivity index (χ4v) is 5.28. The monoisotopic (exact) mass is 687 g/mol. The summed E-state index contributed by atoms with van der Waals surface area (Å²) >= 11 is 0. The topological polar surface area (TPSA) is 160 Å². The van der Waals surface area contributed by atoms with Crippen LogP contribution in [0.2, 0.25) is 0 Å². The van der Waals surface area contributed by atoms with Crippen LogP contribution in [-0.2, 0) is 24.0 Å². The van der Waals surface area contributed by atoms with Crippen molar-refractivity contribution in [3.63, 3.8) is 0 Å². The van der Waals surface area contributed by atoms with Crippen molar-refractivity contribution in [1.29, 1.82) is 0 Å². The van der Waals surface area contributed by atoms with E-state index in [0.29, 0.717) is 18.6 Å². The van der Waals surface area contributed by atoms with Gasteiger partial charge in [0.2, 0.25) is 17.5 Å². The van der Waals surface area contributed by atoms with Crippen molar-refractivity contribution < 1.29 is 56.1 Å². The number of carboxylic acid groups (broad SMARTS) is 1. The van der Waals surface area contributed by atoms with Crippen LogP contribution in [-0.4, -0.2) is 53.3 Å². The van der Waals surface area contributed by atoms with E-state index >= 15 is 0 Å². The van der Waals surface area contributed by atoms with Gasteiger partial charge in [-0.1, -0.05) is 62.4 Å². The quantitative estimate of drug-likeness (QED) is 0.104. The summed E-state index contributed by atoms with van der Waals surface area (Å²) in [6.07, 6.45) is 3.14. The molecule has 1 aliphatic carbocycles. The van der Waals surface area contributed by atoms with Crippen molar-refractivity contribution in [3.8, 4) is 17.2 Å². The molecule has 3 amide bonds. The highest BCUT2D eigenvalue weighted by molar-refractivity contribution is 6.40. The van der Waals surface area contributed by atoms with Crippen molar-refractivity contribution in [2.24, 2.45) is 5.92 Å². The van der Waals surface area contributed by atoms with Gasteiger partial charge < -0.3 is 30.5 Å². The molecule has 1 saturated carbocycles. The number of hydrogen-bond donors (Lipinski definition) is 4. The Morgan fingerprint density at radius 2 is 1.43 bits per heavy atom. The van der Waals surface area contributed by atoms with Gasteiger partial charge in [0.15, 0.2) is 28.9 Å². The van der Waals surface area contributed by atoms with E-state index in [9.17, 15) is 46.6 Å². The third kappa shape index (κ3) is 10.3. The van der Waals surface area contributed by atoms with Crippen molar-refractivity contribution in [3.05, 3.63) is 83.9 Å². The molecule has 0 unspecified atom stereocenters. The van der Waals surface area contributed by atoms with Crippen LogP contribution in [0.3, 0.4) is 0 Å². The Hall–Kier alpha value is -5.47. The van der Waals surface area contributed by atoms with E-state index in [4.69, 9.17) is 4.74 Å². The number of carboxylic acids is 1. The van der Waals surface area contributed by atoms with Crippen LogP contribution >= 0.6 is 0 Å². The summed E-state index contributed by atoms with van der Waals surface area (Å²) in [6.45, 7) is -1.28. The molecular formula is C34H33F4N3O8. The SMILES string of the molecule is O=C(O)C[C@H](NC(=O)[C@H](CC1CCCCC1)NC(=O)C(=O)Nc1ccccc1Oc1ccccc1)C(=O)COc1c(F)c(F)cc(F)c1F. The summed E-state index contributed by atoms with van der Waals surface area (Å²) in [4.78, 5) is 64.0. The lowest BCUT2D eigenvalue weighted by Crippen LogP contribution is -2.54. The number of carbonyl (C=O) groups excluding carboxylic acids is 4. The molecule has 4 rings (SSSR count). The van der Waals surface area contributed by atoms with Crippen LogP contribution < -0.4 is 25.4 Å². The number of nitrogens with one attached hydrogen (secondary N) is 3. The van der Waals surface area contributed by atoms with Gasteiger partial charge in [0, 0.05) is 6.07 Å². The molecule has 0 aliphatic heterocycles. The van der Waals surface area contributed by atoms with Gasteiger partial charge in [-0.25, -0.2) is 8.78 Å². The molecule has 3 aromatic rings. The van der Waals surface area contributed by atoms with Crippen molar-refractivity contribution in [1.82, 2.24) is 10.6 Å². The molecule has 0 heterocycles. The molecule has 0 spiro atoms. The Labute approximate surface area is 278 Å². The molecule has 1 aliphatic rings. The van der Waals surface area contributed by atoms with Gasteiger partial charge in [-0.2, -0.15) is 8.78 Å². The second kappa shape index (κ2) is 17.1. The minimum absolute atomic E-state index is 0.0437. The summed E-state index contributed by atoms with van der Waals surface area (Å²) < 4.78 is 65.7. The number of carbonyl (C=O) groups is 5. The molecule has 0 saturated heterocycles. The van der Waals surface area contributed by atoms with Gasteiger partial charge in [-0.3, -0.25) is 24.0 Å². The van der Waals surface area contributed by atoms with E-state index in [2.05, 4.69) is 20.7 Å². The Morgan fingerprint density at radius 3 is 2.08 bits per heavy atom. The molecular weight excluding hydrogens is 654 g/mol. The number of ketones is 1. The number of ether oxygens (including phenoxy) is 2. The number of amides is 3. The highest BCUT2D eigenvalue weighted by Gasteiger charge is 2.33. The van der Waals surface area contributed by atoms with Crippen LogP contribution in [0.5, 0.6) is 17.2 Å². The van der Waals surface area contributed by atoms with Gasteiger partial charge in [-0.05, 0) is 36.6 Å². The number of Topliss-reactive ketones (excluding diaryl/α,β-unsaturated/α-hetero) is 1. The second-order valence-corrected chi connectivity index (χ2v) is 11.3. The highest BCUT2D eigenvalue weighted by atomic mass is 19.2. The van der Waals surface area contributed by atoms with Crippen molar-refractivity contribution in [2.45, 2.75) is 57.0 Å². The van der Waals surface area contributed by atoms with E-state index in [-0.39, 0.29) is 29.8 Å². The maximum absolute atomic E-state index is 14.0. The van der Waals surface area contributed by atoms with E-state index in [1.807, 2.05) is 0 Å². The molecule has 260 valence electrons. The van der Waals surface area contributed by atoms with E-state index in [1.54, 1.807) is 48.5 Å². The summed E-state index contributed by atoms with van der Waals surface area (Å²) in [5.74, 6) is -14.5. The molecule has 1 fully saturated rings. The van der Waals surface area contributed by atoms with E-state index < -0.39 is 83.6 Å². The van der Waals surface area contributed by atoms with E-state index in [1.165, 1.54) is 6.07 Å². The average Bonchev–Trinajstić information content (AvgIpc) is 3.08. The van der Waals surface area contributed by atoms with Crippen molar-refractivity contribution >= 4 is 35.2 Å². The lowest BCUT2D eigenvalue weighted by Gasteiger charge is -2.27. The van der Waals surface area contributed by atoms with Gasteiger partial charge in [0.25, 0.3) is 0 Å². The van der Waals surface area contributed by atoms with Gasteiger partial charge in [0.1, 0.15) is 24.4 Å². The molecule has 3 aromatic carbocycles. The van der Waals surface area contributed by atoms with Gasteiger partial charge >= 0.3 is 17.8 Å². The third-order valence-electron chi connectivity index (χ3n) is 7.74. The number of anilines is 1. The lowest BCUT2D eigenvalue weighted by molar-refractivity contribution is -0.141. The summed E-state index contributed by atoms with van der Waals surface area (Å²) in [6, 6.07) is 11.6. The first-order chi connectivity index (χ1) is 23.4. The zero-order valence-electron chi connectivity index (χ0n) is 26.0. The largest absolute Gasteiger partial charge is 0.481 e. The molecule has 49 heavy (non-hydrogen) atoms. The third-order valence-corrected chi connectivity index (χ3v) is 7.74. The number of halogens is 4. The molecule has 15 heteroatoms. The zero-order valence-corrected chi connectivity index (χ0v) is 26.0. The Balaban J connectivity index is 1.47. The first-order valence-electron chi connectivity index (χ1n) is 15.4. The molecule has 2 atom stereocenters. The summed E-state index contributed by atoms with van der Waals surface area (Å²) in [5.41, 5.74) is 0.151. The normalized spacial score (nSPS) is 14.2. The maximum atomic E-state index is 14.0. The number of aliphatic carboxylic acids is 1.